The molecule has 0 aromatic heterocycles. The van der Waals surface area contributed by atoms with Gasteiger partial charge in [-0.1, -0.05) is 12.1 Å². The van der Waals surface area contributed by atoms with Gasteiger partial charge in [-0.3, -0.25) is 4.79 Å². The first-order chi connectivity index (χ1) is 8.24. The van der Waals surface area contributed by atoms with E-state index in [1.807, 2.05) is 6.07 Å². The number of nitriles is 1. The minimum absolute atomic E-state index is 0.0187. The lowest BCUT2D eigenvalue weighted by Gasteiger charge is -2.21. The van der Waals surface area contributed by atoms with Gasteiger partial charge in [-0.05, 0) is 18.6 Å². The van der Waals surface area contributed by atoms with E-state index in [-0.39, 0.29) is 11.8 Å². The van der Waals surface area contributed by atoms with E-state index in [0.717, 1.165) is 6.42 Å². The molecule has 4 nitrogen and oxygen atoms in total. The van der Waals surface area contributed by atoms with E-state index < -0.39 is 0 Å². The molecule has 17 heavy (non-hydrogen) atoms. The predicted molar refractivity (Wildman–Crippen MR) is 63.5 cm³/mol. The zero-order valence-corrected chi connectivity index (χ0v) is 9.72. The van der Waals surface area contributed by atoms with Crippen LogP contribution in [0.2, 0.25) is 0 Å². The quantitative estimate of drug-likeness (QED) is 0.774. The van der Waals surface area contributed by atoms with Gasteiger partial charge < -0.3 is 9.64 Å². The van der Waals surface area contributed by atoms with E-state index in [9.17, 15) is 4.79 Å². The molecule has 1 aromatic carbocycles. The van der Waals surface area contributed by atoms with Crippen LogP contribution in [-0.2, 0) is 9.53 Å². The van der Waals surface area contributed by atoms with Gasteiger partial charge in [0.05, 0.1) is 23.8 Å². The Hall–Kier alpha value is -1.86. The molecular weight excluding hydrogens is 216 g/mol. The Labute approximate surface area is 100 Å². The van der Waals surface area contributed by atoms with Crippen LogP contribution in [-0.4, -0.2) is 26.2 Å². The lowest BCUT2D eigenvalue weighted by molar-refractivity contribution is -0.122. The second-order valence-electron chi connectivity index (χ2n) is 4.09. The first-order valence-electron chi connectivity index (χ1n) is 5.58. The molecule has 0 radical (unpaired) electrons. The van der Waals surface area contributed by atoms with Crippen LogP contribution in [0.3, 0.4) is 0 Å². The van der Waals surface area contributed by atoms with E-state index in [0.29, 0.717) is 24.5 Å². The zero-order valence-electron chi connectivity index (χ0n) is 9.72. The van der Waals surface area contributed by atoms with Crippen molar-refractivity contribution in [2.75, 3.05) is 25.2 Å². The van der Waals surface area contributed by atoms with Gasteiger partial charge in [-0.2, -0.15) is 5.26 Å². The summed E-state index contributed by atoms with van der Waals surface area (Å²) in [5, 5.41) is 9.00. The van der Waals surface area contributed by atoms with Crippen molar-refractivity contribution in [1.82, 2.24) is 0 Å². The maximum atomic E-state index is 12.2. The maximum absolute atomic E-state index is 12.2. The summed E-state index contributed by atoms with van der Waals surface area (Å²) in [5.41, 5.74) is 1.18. The summed E-state index contributed by atoms with van der Waals surface area (Å²) in [5.74, 6) is -0.0584. The summed E-state index contributed by atoms with van der Waals surface area (Å²) in [6, 6.07) is 9.21. The van der Waals surface area contributed by atoms with Gasteiger partial charge in [0.25, 0.3) is 0 Å². The van der Waals surface area contributed by atoms with Crippen molar-refractivity contribution in [2.24, 2.45) is 5.92 Å². The fourth-order valence-corrected chi connectivity index (χ4v) is 1.98. The number of benzene rings is 1. The summed E-state index contributed by atoms with van der Waals surface area (Å²) in [6.07, 6.45) is 0.762. The van der Waals surface area contributed by atoms with E-state index >= 15 is 0 Å². The van der Waals surface area contributed by atoms with Crippen LogP contribution < -0.4 is 4.90 Å². The molecule has 1 aromatic rings. The number of carbonyl (C=O) groups is 1. The second-order valence-corrected chi connectivity index (χ2v) is 4.09. The SMILES string of the molecule is CN(C(=O)C1CCOC1)c1ccccc1C#N. The molecule has 0 saturated carbocycles. The molecule has 1 amide bonds. The molecule has 4 heteroatoms. The summed E-state index contributed by atoms with van der Waals surface area (Å²) < 4.78 is 5.21. The van der Waals surface area contributed by atoms with Crippen LogP contribution in [0.15, 0.2) is 24.3 Å². The van der Waals surface area contributed by atoms with Gasteiger partial charge in [-0.25, -0.2) is 0 Å². The average molecular weight is 230 g/mol. The monoisotopic (exact) mass is 230 g/mol. The Bertz CT molecular complexity index is 459. The molecule has 1 atom stereocenters. The number of nitrogens with zero attached hydrogens (tertiary/aromatic N) is 2. The Morgan fingerprint density at radius 2 is 2.29 bits per heavy atom. The summed E-state index contributed by atoms with van der Waals surface area (Å²) >= 11 is 0. The highest BCUT2D eigenvalue weighted by molar-refractivity contribution is 5.95. The molecule has 1 saturated heterocycles. The van der Waals surface area contributed by atoms with Gasteiger partial charge >= 0.3 is 0 Å². The Morgan fingerprint density at radius 1 is 1.53 bits per heavy atom. The van der Waals surface area contributed by atoms with Gasteiger partial charge in [0.2, 0.25) is 5.91 Å². The molecule has 1 fully saturated rings. The number of anilines is 1. The van der Waals surface area contributed by atoms with Crippen molar-refractivity contribution in [1.29, 1.82) is 5.26 Å². The summed E-state index contributed by atoms with van der Waals surface area (Å²) in [4.78, 5) is 13.7. The molecule has 1 heterocycles. The van der Waals surface area contributed by atoms with Crippen molar-refractivity contribution in [3.05, 3.63) is 29.8 Å². The molecule has 2 rings (SSSR count). The van der Waals surface area contributed by atoms with E-state index in [1.54, 1.807) is 30.1 Å². The Balaban J connectivity index is 2.21. The Kier molecular flexibility index (Phi) is 3.40. The lowest BCUT2D eigenvalue weighted by Crippen LogP contribution is -2.33. The van der Waals surface area contributed by atoms with E-state index in [2.05, 4.69) is 6.07 Å². The van der Waals surface area contributed by atoms with Crippen molar-refractivity contribution >= 4 is 11.6 Å². The molecule has 0 bridgehead atoms. The van der Waals surface area contributed by atoms with Crippen molar-refractivity contribution in [2.45, 2.75) is 6.42 Å². The summed E-state index contributed by atoms with van der Waals surface area (Å²) in [6.45, 7) is 1.13. The number of para-hydroxylation sites is 1. The molecule has 1 aliphatic heterocycles. The minimum atomic E-state index is -0.0771. The normalized spacial score (nSPS) is 18.7. The van der Waals surface area contributed by atoms with Gasteiger partial charge in [0.1, 0.15) is 6.07 Å². The fraction of sp³-hybridized carbons (Fsp3) is 0.385. The molecule has 0 spiro atoms. The molecule has 88 valence electrons. The highest BCUT2D eigenvalue weighted by Crippen LogP contribution is 2.22. The van der Waals surface area contributed by atoms with Crippen LogP contribution >= 0.6 is 0 Å². The van der Waals surface area contributed by atoms with Crippen LogP contribution in [0.25, 0.3) is 0 Å². The average Bonchev–Trinajstić information content (AvgIpc) is 2.90. The van der Waals surface area contributed by atoms with E-state index in [4.69, 9.17) is 10.00 Å². The Morgan fingerprint density at radius 3 is 2.94 bits per heavy atom. The fourth-order valence-electron chi connectivity index (χ4n) is 1.98. The predicted octanol–water partition coefficient (Wildman–Crippen LogP) is 1.56. The number of rotatable bonds is 2. The molecular formula is C13H14N2O2. The largest absolute Gasteiger partial charge is 0.381 e. The van der Waals surface area contributed by atoms with Gasteiger partial charge in [-0.15, -0.1) is 0 Å². The van der Waals surface area contributed by atoms with E-state index in [1.165, 1.54) is 0 Å². The maximum Gasteiger partial charge on any atom is 0.232 e. The molecule has 0 aliphatic carbocycles. The lowest BCUT2D eigenvalue weighted by atomic mass is 10.1. The zero-order chi connectivity index (χ0) is 12.3. The van der Waals surface area contributed by atoms with Crippen molar-refractivity contribution in [3.8, 4) is 6.07 Å². The summed E-state index contributed by atoms with van der Waals surface area (Å²) in [7, 11) is 1.71. The van der Waals surface area contributed by atoms with Crippen LogP contribution in [0.4, 0.5) is 5.69 Å². The number of amides is 1. The first-order valence-corrected chi connectivity index (χ1v) is 5.58. The molecule has 0 N–H and O–H groups in total. The third kappa shape index (κ3) is 2.29. The van der Waals surface area contributed by atoms with Gasteiger partial charge in [0.15, 0.2) is 0 Å². The van der Waals surface area contributed by atoms with Crippen molar-refractivity contribution in [3.63, 3.8) is 0 Å². The van der Waals surface area contributed by atoms with Crippen LogP contribution in [0, 0.1) is 17.2 Å². The second kappa shape index (κ2) is 4.98. The van der Waals surface area contributed by atoms with Crippen molar-refractivity contribution < 1.29 is 9.53 Å². The molecule has 1 unspecified atom stereocenters. The van der Waals surface area contributed by atoms with Crippen LogP contribution in [0.5, 0.6) is 0 Å². The number of hydrogen-bond donors (Lipinski definition) is 0. The highest BCUT2D eigenvalue weighted by atomic mass is 16.5. The molecule has 1 aliphatic rings. The highest BCUT2D eigenvalue weighted by Gasteiger charge is 2.27. The number of hydrogen-bond acceptors (Lipinski definition) is 3. The smallest absolute Gasteiger partial charge is 0.232 e. The third-order valence-electron chi connectivity index (χ3n) is 3.00. The first kappa shape index (κ1) is 11.6. The van der Waals surface area contributed by atoms with Gasteiger partial charge in [0, 0.05) is 13.7 Å². The van der Waals surface area contributed by atoms with Crippen LogP contribution in [0.1, 0.15) is 12.0 Å². The topological polar surface area (TPSA) is 53.3 Å². The number of ether oxygens (including phenoxy) is 1. The third-order valence-corrected chi connectivity index (χ3v) is 3.00. The minimum Gasteiger partial charge on any atom is -0.381 e. The standard InChI is InChI=1S/C13H14N2O2/c1-15(13(16)11-6-7-17-9-11)12-5-3-2-4-10(12)8-14/h2-5,11H,6-7,9H2,1H3. The number of carbonyl (C=O) groups excluding carboxylic acids is 1.